The molecule has 14 heavy (non-hydrogen) atoms. The van der Waals surface area contributed by atoms with Crippen LogP contribution in [0.4, 0.5) is 0 Å². The van der Waals surface area contributed by atoms with E-state index in [1.165, 1.54) is 32.1 Å². The average Bonchev–Trinajstić information content (AvgIpc) is 2.67. The molecular formula is C12H18O2. The third-order valence-corrected chi connectivity index (χ3v) is 3.21. The molecule has 1 aromatic heterocycles. The molecule has 1 saturated carbocycles. The fraction of sp³-hybridized carbons (Fsp3) is 0.667. The molecule has 0 bridgehead atoms. The molecule has 0 unspecified atom stereocenters. The lowest BCUT2D eigenvalue weighted by atomic mass is 9.86. The zero-order valence-corrected chi connectivity index (χ0v) is 8.54. The lowest BCUT2D eigenvalue weighted by Crippen LogP contribution is -2.09. The Morgan fingerprint density at radius 3 is 2.79 bits per heavy atom. The van der Waals surface area contributed by atoms with E-state index in [2.05, 4.69) is 0 Å². The van der Waals surface area contributed by atoms with Crippen LogP contribution < -0.4 is 0 Å². The highest BCUT2D eigenvalue weighted by atomic mass is 16.3. The predicted octanol–water partition coefficient (Wildman–Crippen LogP) is 2.89. The maximum Gasteiger partial charge on any atom is 0.109 e. The molecule has 0 radical (unpaired) electrons. The van der Waals surface area contributed by atoms with Crippen LogP contribution in [-0.4, -0.2) is 5.11 Å². The molecule has 78 valence electrons. The fourth-order valence-corrected chi connectivity index (χ4v) is 2.34. The van der Waals surface area contributed by atoms with Crippen LogP contribution >= 0.6 is 0 Å². The van der Waals surface area contributed by atoms with Gasteiger partial charge in [0.05, 0.1) is 12.9 Å². The van der Waals surface area contributed by atoms with Crippen molar-refractivity contribution in [1.29, 1.82) is 0 Å². The average molecular weight is 194 g/mol. The van der Waals surface area contributed by atoms with Crippen molar-refractivity contribution in [2.75, 3.05) is 0 Å². The Morgan fingerprint density at radius 1 is 1.29 bits per heavy atom. The van der Waals surface area contributed by atoms with Crippen LogP contribution in [0.1, 0.15) is 43.4 Å². The molecule has 0 amide bonds. The molecular weight excluding hydrogens is 176 g/mol. The van der Waals surface area contributed by atoms with E-state index < -0.39 is 0 Å². The minimum Gasteiger partial charge on any atom is -0.469 e. The smallest absolute Gasteiger partial charge is 0.109 e. The highest BCUT2D eigenvalue weighted by Gasteiger charge is 2.16. The number of hydrogen-bond donors (Lipinski definition) is 1. The summed E-state index contributed by atoms with van der Waals surface area (Å²) in [5.74, 6) is 1.78. The Bertz CT molecular complexity index is 272. The summed E-state index contributed by atoms with van der Waals surface area (Å²) in [7, 11) is 0. The van der Waals surface area contributed by atoms with Gasteiger partial charge in [-0.05, 0) is 12.0 Å². The fourth-order valence-electron chi connectivity index (χ4n) is 2.34. The summed E-state index contributed by atoms with van der Waals surface area (Å²) in [5, 5.41) is 9.08. The van der Waals surface area contributed by atoms with E-state index in [-0.39, 0.29) is 6.61 Å². The zero-order chi connectivity index (χ0) is 9.80. The number of furan rings is 1. The first-order chi connectivity index (χ1) is 6.90. The van der Waals surface area contributed by atoms with Crippen molar-refractivity contribution in [3.8, 4) is 0 Å². The van der Waals surface area contributed by atoms with E-state index in [0.29, 0.717) is 0 Å². The summed E-state index contributed by atoms with van der Waals surface area (Å²) in [4.78, 5) is 0. The van der Waals surface area contributed by atoms with E-state index >= 15 is 0 Å². The Morgan fingerprint density at radius 2 is 2.07 bits per heavy atom. The molecule has 0 aromatic carbocycles. The van der Waals surface area contributed by atoms with Crippen LogP contribution in [0.3, 0.4) is 0 Å². The van der Waals surface area contributed by atoms with E-state index in [1.807, 2.05) is 6.07 Å². The normalized spacial score (nSPS) is 18.6. The molecule has 1 aromatic rings. The first-order valence-electron chi connectivity index (χ1n) is 5.56. The predicted molar refractivity (Wildman–Crippen MR) is 54.9 cm³/mol. The highest BCUT2D eigenvalue weighted by Crippen LogP contribution is 2.28. The second-order valence-corrected chi connectivity index (χ2v) is 4.24. The zero-order valence-electron chi connectivity index (χ0n) is 8.54. The third kappa shape index (κ3) is 2.18. The van der Waals surface area contributed by atoms with Gasteiger partial charge in [-0.3, -0.25) is 0 Å². The number of hydrogen-bond acceptors (Lipinski definition) is 2. The van der Waals surface area contributed by atoms with Gasteiger partial charge in [0, 0.05) is 12.0 Å². The summed E-state index contributed by atoms with van der Waals surface area (Å²) in [6.45, 7) is 0.110. The van der Waals surface area contributed by atoms with E-state index in [1.54, 1.807) is 6.26 Å². The van der Waals surface area contributed by atoms with Gasteiger partial charge in [-0.15, -0.1) is 0 Å². The van der Waals surface area contributed by atoms with Crippen molar-refractivity contribution in [2.24, 2.45) is 5.92 Å². The van der Waals surface area contributed by atoms with Crippen LogP contribution in [-0.2, 0) is 13.0 Å². The van der Waals surface area contributed by atoms with E-state index in [9.17, 15) is 0 Å². The Balaban J connectivity index is 1.95. The molecule has 1 aliphatic carbocycles. The lowest BCUT2D eigenvalue weighted by Gasteiger charge is -2.20. The van der Waals surface area contributed by atoms with Crippen molar-refractivity contribution in [1.82, 2.24) is 0 Å². The second kappa shape index (κ2) is 4.65. The molecule has 0 spiro atoms. The maximum atomic E-state index is 9.08. The monoisotopic (exact) mass is 194 g/mol. The summed E-state index contributed by atoms with van der Waals surface area (Å²) < 4.78 is 5.40. The molecule has 0 atom stereocenters. The first kappa shape index (κ1) is 9.78. The molecule has 2 rings (SSSR count). The highest BCUT2D eigenvalue weighted by molar-refractivity contribution is 5.16. The lowest BCUT2D eigenvalue weighted by molar-refractivity contribution is 0.273. The van der Waals surface area contributed by atoms with Crippen LogP contribution in [0.25, 0.3) is 0 Å². The largest absolute Gasteiger partial charge is 0.469 e. The van der Waals surface area contributed by atoms with Crippen LogP contribution in [0.2, 0.25) is 0 Å². The standard InChI is InChI=1S/C12H18O2/c13-9-11-6-7-14-12(11)8-10-4-2-1-3-5-10/h6-7,10,13H,1-5,8-9H2. The number of rotatable bonds is 3. The van der Waals surface area contributed by atoms with Gasteiger partial charge in [0.15, 0.2) is 0 Å². The Labute approximate surface area is 84.9 Å². The van der Waals surface area contributed by atoms with Crippen molar-refractivity contribution in [2.45, 2.75) is 45.1 Å². The molecule has 0 saturated heterocycles. The summed E-state index contributed by atoms with van der Waals surface area (Å²) in [6.07, 6.45) is 9.46. The maximum absolute atomic E-state index is 9.08. The quantitative estimate of drug-likeness (QED) is 0.802. The Hall–Kier alpha value is -0.760. The number of aliphatic hydroxyl groups excluding tert-OH is 1. The molecule has 1 heterocycles. The topological polar surface area (TPSA) is 33.4 Å². The van der Waals surface area contributed by atoms with E-state index in [0.717, 1.165) is 23.7 Å². The summed E-state index contributed by atoms with van der Waals surface area (Å²) >= 11 is 0. The summed E-state index contributed by atoms with van der Waals surface area (Å²) in [6, 6.07) is 1.87. The number of aliphatic hydroxyl groups is 1. The van der Waals surface area contributed by atoms with Gasteiger partial charge < -0.3 is 9.52 Å². The van der Waals surface area contributed by atoms with Crippen LogP contribution in [0.5, 0.6) is 0 Å². The second-order valence-electron chi connectivity index (χ2n) is 4.24. The van der Waals surface area contributed by atoms with Crippen molar-refractivity contribution >= 4 is 0 Å². The van der Waals surface area contributed by atoms with Crippen molar-refractivity contribution in [3.63, 3.8) is 0 Å². The van der Waals surface area contributed by atoms with Gasteiger partial charge in [-0.2, -0.15) is 0 Å². The third-order valence-electron chi connectivity index (χ3n) is 3.21. The minimum absolute atomic E-state index is 0.110. The van der Waals surface area contributed by atoms with Gasteiger partial charge in [-0.25, -0.2) is 0 Å². The SMILES string of the molecule is OCc1ccoc1CC1CCCCC1. The summed E-state index contributed by atoms with van der Waals surface area (Å²) in [5.41, 5.74) is 0.968. The van der Waals surface area contributed by atoms with Gasteiger partial charge >= 0.3 is 0 Å². The van der Waals surface area contributed by atoms with Gasteiger partial charge in [-0.1, -0.05) is 32.1 Å². The molecule has 2 heteroatoms. The van der Waals surface area contributed by atoms with Gasteiger partial charge in [0.2, 0.25) is 0 Å². The van der Waals surface area contributed by atoms with Crippen LogP contribution in [0, 0.1) is 5.92 Å². The first-order valence-corrected chi connectivity index (χ1v) is 5.56. The van der Waals surface area contributed by atoms with Crippen molar-refractivity contribution in [3.05, 3.63) is 23.7 Å². The molecule has 1 aliphatic rings. The van der Waals surface area contributed by atoms with Crippen LogP contribution in [0.15, 0.2) is 16.7 Å². The molecule has 1 N–H and O–H groups in total. The molecule has 2 nitrogen and oxygen atoms in total. The van der Waals surface area contributed by atoms with Gasteiger partial charge in [0.1, 0.15) is 5.76 Å². The molecule has 0 aliphatic heterocycles. The van der Waals surface area contributed by atoms with E-state index in [4.69, 9.17) is 9.52 Å². The molecule has 1 fully saturated rings. The minimum atomic E-state index is 0.110. The Kier molecular flexibility index (Phi) is 3.25. The van der Waals surface area contributed by atoms with Crippen molar-refractivity contribution < 1.29 is 9.52 Å². The van der Waals surface area contributed by atoms with Gasteiger partial charge in [0.25, 0.3) is 0 Å².